The molecule has 0 aliphatic heterocycles. The highest BCUT2D eigenvalue weighted by Gasteiger charge is 2.15. The van der Waals surface area contributed by atoms with Crippen molar-refractivity contribution in [1.29, 1.82) is 0 Å². The molecule has 0 aliphatic carbocycles. The first kappa shape index (κ1) is 11.4. The summed E-state index contributed by atoms with van der Waals surface area (Å²) in [6, 6.07) is 7.97. The van der Waals surface area contributed by atoms with E-state index >= 15 is 0 Å². The van der Waals surface area contributed by atoms with Gasteiger partial charge in [0.05, 0.1) is 10.2 Å². The van der Waals surface area contributed by atoms with E-state index in [-0.39, 0.29) is 6.10 Å². The summed E-state index contributed by atoms with van der Waals surface area (Å²) in [7, 11) is 1.68. The zero-order chi connectivity index (χ0) is 12.7. The number of aromatic nitrogens is 2. The predicted molar refractivity (Wildman–Crippen MR) is 74.8 cm³/mol. The molecular weight excluding hydrogens is 246 g/mol. The Morgan fingerprint density at radius 2 is 2.06 bits per heavy atom. The number of hydrogen-bond acceptors (Lipinski definition) is 5. The maximum atomic E-state index is 5.97. The second-order valence-electron chi connectivity index (χ2n) is 4.12. The number of hydrogen-bond donors (Lipinski definition) is 1. The number of fused-ring (bicyclic) bond motifs is 3. The molecule has 0 fully saturated rings. The van der Waals surface area contributed by atoms with Crippen molar-refractivity contribution in [2.45, 2.75) is 13.0 Å². The average molecular weight is 259 g/mol. The average Bonchev–Trinajstić information content (AvgIpc) is 2.84. The molecule has 0 amide bonds. The number of pyridine rings is 1. The van der Waals surface area contributed by atoms with Crippen LogP contribution in [0.25, 0.3) is 21.1 Å². The molecule has 2 aromatic heterocycles. The van der Waals surface area contributed by atoms with Crippen LogP contribution in [-0.4, -0.2) is 17.1 Å². The lowest BCUT2D eigenvalue weighted by Gasteiger charge is -2.02. The maximum absolute atomic E-state index is 5.97. The Morgan fingerprint density at radius 3 is 2.83 bits per heavy atom. The summed E-state index contributed by atoms with van der Waals surface area (Å²) < 4.78 is 6.38. The van der Waals surface area contributed by atoms with Crippen LogP contribution in [0.2, 0.25) is 0 Å². The standard InChI is InChI=1S/C13H13N3OS/c1-7(17-2)13-16-10-11(18-13)8-5-3-4-6-9(8)15-12(10)14/h3-7H,1-2H3,(H2,14,15). The Hall–Kier alpha value is -1.72. The minimum atomic E-state index is -0.0273. The molecule has 4 nitrogen and oxygen atoms in total. The quantitative estimate of drug-likeness (QED) is 0.768. The molecule has 0 radical (unpaired) electrons. The fraction of sp³-hybridized carbons (Fsp3) is 0.231. The lowest BCUT2D eigenvalue weighted by Crippen LogP contribution is -1.95. The monoisotopic (exact) mass is 259 g/mol. The first-order chi connectivity index (χ1) is 8.70. The van der Waals surface area contributed by atoms with E-state index in [0.717, 1.165) is 26.1 Å². The van der Waals surface area contributed by atoms with Crippen molar-refractivity contribution in [3.8, 4) is 0 Å². The highest BCUT2D eigenvalue weighted by Crippen LogP contribution is 2.34. The van der Waals surface area contributed by atoms with Crippen molar-refractivity contribution >= 4 is 38.3 Å². The van der Waals surface area contributed by atoms with Gasteiger partial charge in [0.1, 0.15) is 16.6 Å². The van der Waals surface area contributed by atoms with E-state index in [9.17, 15) is 0 Å². The van der Waals surface area contributed by atoms with Crippen LogP contribution >= 0.6 is 11.3 Å². The van der Waals surface area contributed by atoms with E-state index in [1.165, 1.54) is 0 Å². The Balaban J connectivity index is 2.37. The van der Waals surface area contributed by atoms with E-state index in [2.05, 4.69) is 9.97 Å². The van der Waals surface area contributed by atoms with Crippen molar-refractivity contribution in [3.05, 3.63) is 29.3 Å². The molecule has 0 saturated heterocycles. The fourth-order valence-corrected chi connectivity index (χ4v) is 3.05. The van der Waals surface area contributed by atoms with Gasteiger partial charge in [0.15, 0.2) is 5.82 Å². The van der Waals surface area contributed by atoms with Gasteiger partial charge >= 0.3 is 0 Å². The van der Waals surface area contributed by atoms with E-state index < -0.39 is 0 Å². The molecule has 0 spiro atoms. The number of thiazole rings is 1. The van der Waals surface area contributed by atoms with Gasteiger partial charge in [0, 0.05) is 12.5 Å². The summed E-state index contributed by atoms with van der Waals surface area (Å²) >= 11 is 1.62. The summed E-state index contributed by atoms with van der Waals surface area (Å²) in [5, 5.41) is 2.02. The maximum Gasteiger partial charge on any atom is 0.151 e. The highest BCUT2D eigenvalue weighted by atomic mass is 32.1. The molecule has 3 rings (SSSR count). The smallest absolute Gasteiger partial charge is 0.151 e. The third-order valence-corrected chi connectivity index (χ3v) is 4.23. The molecule has 0 aliphatic rings. The SMILES string of the molecule is COC(C)c1nc2c(N)nc3ccccc3c2s1. The Morgan fingerprint density at radius 1 is 1.28 bits per heavy atom. The molecule has 2 N–H and O–H groups in total. The lowest BCUT2D eigenvalue weighted by molar-refractivity contribution is 0.119. The molecule has 1 atom stereocenters. The third-order valence-electron chi connectivity index (χ3n) is 2.98. The minimum Gasteiger partial charge on any atom is -0.382 e. The number of benzene rings is 1. The molecule has 0 saturated carbocycles. The van der Waals surface area contributed by atoms with E-state index in [0.29, 0.717) is 5.82 Å². The van der Waals surface area contributed by atoms with Crippen LogP contribution in [0.1, 0.15) is 18.0 Å². The van der Waals surface area contributed by atoms with Crippen molar-refractivity contribution in [2.75, 3.05) is 12.8 Å². The number of nitrogens with two attached hydrogens (primary N) is 1. The van der Waals surface area contributed by atoms with Crippen molar-refractivity contribution < 1.29 is 4.74 Å². The first-order valence-corrected chi connectivity index (χ1v) is 6.50. The van der Waals surface area contributed by atoms with Gasteiger partial charge in [-0.15, -0.1) is 11.3 Å². The molecule has 1 unspecified atom stereocenters. The van der Waals surface area contributed by atoms with E-state index in [4.69, 9.17) is 10.5 Å². The molecule has 3 aromatic rings. The fourth-order valence-electron chi connectivity index (χ4n) is 1.91. The van der Waals surface area contributed by atoms with Crippen molar-refractivity contribution in [3.63, 3.8) is 0 Å². The molecular formula is C13H13N3OS. The number of nitrogen functional groups attached to an aromatic ring is 1. The largest absolute Gasteiger partial charge is 0.382 e. The summed E-state index contributed by atoms with van der Waals surface area (Å²) in [5.41, 5.74) is 7.65. The second-order valence-corrected chi connectivity index (χ2v) is 5.15. The van der Waals surface area contributed by atoms with Gasteiger partial charge in [-0.05, 0) is 13.0 Å². The summed E-state index contributed by atoms with van der Waals surface area (Å²) in [6.45, 7) is 1.98. The van der Waals surface area contributed by atoms with Gasteiger partial charge in [-0.1, -0.05) is 18.2 Å². The number of nitrogens with zero attached hydrogens (tertiary/aromatic N) is 2. The molecule has 2 heterocycles. The van der Waals surface area contributed by atoms with Crippen LogP contribution in [0.15, 0.2) is 24.3 Å². The summed E-state index contributed by atoms with van der Waals surface area (Å²) in [5.74, 6) is 0.481. The molecule has 1 aromatic carbocycles. The van der Waals surface area contributed by atoms with E-state index in [1.807, 2.05) is 31.2 Å². The lowest BCUT2D eigenvalue weighted by atomic mass is 10.2. The molecule has 18 heavy (non-hydrogen) atoms. The molecule has 5 heteroatoms. The molecule has 0 bridgehead atoms. The Kier molecular flexibility index (Phi) is 2.65. The molecule has 92 valence electrons. The predicted octanol–water partition coefficient (Wildman–Crippen LogP) is 3.13. The number of para-hydroxylation sites is 1. The Labute approximate surface area is 108 Å². The van der Waals surface area contributed by atoms with Crippen LogP contribution < -0.4 is 5.73 Å². The van der Waals surface area contributed by atoms with Crippen molar-refractivity contribution in [1.82, 2.24) is 9.97 Å². The number of ether oxygens (including phenoxy) is 1. The van der Waals surface area contributed by atoms with Crippen LogP contribution in [-0.2, 0) is 4.74 Å². The zero-order valence-electron chi connectivity index (χ0n) is 10.2. The normalized spacial score (nSPS) is 13.2. The van der Waals surface area contributed by atoms with Crippen LogP contribution in [0.5, 0.6) is 0 Å². The van der Waals surface area contributed by atoms with Crippen LogP contribution in [0, 0.1) is 0 Å². The number of rotatable bonds is 2. The van der Waals surface area contributed by atoms with Gasteiger partial charge in [-0.3, -0.25) is 0 Å². The van der Waals surface area contributed by atoms with Crippen LogP contribution in [0.4, 0.5) is 5.82 Å². The summed E-state index contributed by atoms with van der Waals surface area (Å²) in [6.07, 6.45) is -0.0273. The van der Waals surface area contributed by atoms with Gasteiger partial charge in [0.25, 0.3) is 0 Å². The van der Waals surface area contributed by atoms with Gasteiger partial charge in [-0.25, -0.2) is 9.97 Å². The van der Waals surface area contributed by atoms with Gasteiger partial charge in [0.2, 0.25) is 0 Å². The van der Waals surface area contributed by atoms with E-state index in [1.54, 1.807) is 18.4 Å². The minimum absolute atomic E-state index is 0.0273. The zero-order valence-corrected chi connectivity index (χ0v) is 11.0. The Bertz CT molecular complexity index is 723. The van der Waals surface area contributed by atoms with Crippen LogP contribution in [0.3, 0.4) is 0 Å². The number of methoxy groups -OCH3 is 1. The van der Waals surface area contributed by atoms with Gasteiger partial charge < -0.3 is 10.5 Å². The number of anilines is 1. The highest BCUT2D eigenvalue weighted by molar-refractivity contribution is 7.19. The topological polar surface area (TPSA) is 61.0 Å². The second kappa shape index (κ2) is 4.19. The van der Waals surface area contributed by atoms with Gasteiger partial charge in [-0.2, -0.15) is 0 Å². The van der Waals surface area contributed by atoms with Crippen molar-refractivity contribution in [2.24, 2.45) is 0 Å². The summed E-state index contributed by atoms with van der Waals surface area (Å²) in [4.78, 5) is 8.92. The first-order valence-electron chi connectivity index (χ1n) is 5.68. The third kappa shape index (κ3) is 1.63.